The van der Waals surface area contributed by atoms with Crippen molar-refractivity contribution in [1.29, 1.82) is 0 Å². The fourth-order valence-electron chi connectivity index (χ4n) is 1.15. The molecular weight excluding hydrogens is 247 g/mol. The number of hydrogen-bond donors (Lipinski definition) is 1. The number of likely N-dealkylation sites (N-methyl/N-ethyl adjacent to an activating group) is 1. The maximum absolute atomic E-state index is 13.6. The second-order valence-corrected chi connectivity index (χ2v) is 5.27. The molecule has 0 saturated heterocycles. The first-order valence-corrected chi connectivity index (χ1v) is 6.43. The van der Waals surface area contributed by atoms with Crippen LogP contribution in [0, 0.1) is 5.82 Å². The highest BCUT2D eigenvalue weighted by Crippen LogP contribution is 2.18. The van der Waals surface area contributed by atoms with Crippen molar-refractivity contribution >= 4 is 5.95 Å². The number of ether oxygens (including phenoxy) is 1. The van der Waals surface area contributed by atoms with E-state index in [9.17, 15) is 4.39 Å². The Hall–Kier alpha value is -1.43. The molecule has 0 aliphatic carbocycles. The molecule has 1 N–H and O–H groups in total. The van der Waals surface area contributed by atoms with Crippen LogP contribution in [0.4, 0.5) is 10.3 Å². The van der Waals surface area contributed by atoms with Crippen LogP contribution >= 0.6 is 0 Å². The standard InChI is InChI=1S/C13H23FN4O/c1-6-7-15-12-16-8-10(14)11(17-12)19-9-13(2,3)18(4)5/h8H,6-7,9H2,1-5H3,(H,15,16,17). The summed E-state index contributed by atoms with van der Waals surface area (Å²) in [6, 6.07) is 0. The van der Waals surface area contributed by atoms with Gasteiger partial charge in [0, 0.05) is 12.1 Å². The van der Waals surface area contributed by atoms with Gasteiger partial charge in [-0.05, 0) is 34.4 Å². The second kappa shape index (κ2) is 6.65. The van der Waals surface area contributed by atoms with E-state index in [0.29, 0.717) is 12.6 Å². The number of hydrogen-bond acceptors (Lipinski definition) is 5. The molecule has 0 aliphatic heterocycles. The molecule has 0 aromatic carbocycles. The molecule has 0 amide bonds. The van der Waals surface area contributed by atoms with Gasteiger partial charge in [0.25, 0.3) is 5.88 Å². The molecule has 1 heterocycles. The van der Waals surface area contributed by atoms with Crippen molar-refractivity contribution in [2.75, 3.05) is 32.6 Å². The summed E-state index contributed by atoms with van der Waals surface area (Å²) < 4.78 is 19.1. The molecule has 0 radical (unpaired) electrons. The van der Waals surface area contributed by atoms with E-state index in [4.69, 9.17) is 4.74 Å². The second-order valence-electron chi connectivity index (χ2n) is 5.27. The summed E-state index contributed by atoms with van der Waals surface area (Å²) in [5.41, 5.74) is -0.200. The summed E-state index contributed by atoms with van der Waals surface area (Å²) in [4.78, 5) is 9.92. The summed E-state index contributed by atoms with van der Waals surface area (Å²) >= 11 is 0. The highest BCUT2D eigenvalue weighted by Gasteiger charge is 2.22. The van der Waals surface area contributed by atoms with Gasteiger partial charge in [0.2, 0.25) is 11.8 Å². The Morgan fingerprint density at radius 3 is 2.68 bits per heavy atom. The van der Waals surface area contributed by atoms with E-state index >= 15 is 0 Å². The fraction of sp³-hybridized carbons (Fsp3) is 0.692. The zero-order valence-corrected chi connectivity index (χ0v) is 12.3. The zero-order chi connectivity index (χ0) is 14.5. The molecule has 108 valence electrons. The first kappa shape index (κ1) is 15.6. The smallest absolute Gasteiger partial charge is 0.255 e. The summed E-state index contributed by atoms with van der Waals surface area (Å²) in [5.74, 6) is -0.166. The van der Waals surface area contributed by atoms with Crippen molar-refractivity contribution in [3.05, 3.63) is 12.0 Å². The highest BCUT2D eigenvalue weighted by molar-refractivity contribution is 5.28. The average Bonchev–Trinajstić information content (AvgIpc) is 2.36. The van der Waals surface area contributed by atoms with Gasteiger partial charge in [0.1, 0.15) is 6.61 Å². The summed E-state index contributed by atoms with van der Waals surface area (Å²) in [6.45, 7) is 7.16. The Balaban J connectivity index is 2.71. The Labute approximate surface area is 114 Å². The van der Waals surface area contributed by atoms with Gasteiger partial charge in [0.15, 0.2) is 0 Å². The SMILES string of the molecule is CCCNc1ncc(F)c(OCC(C)(C)N(C)C)n1. The van der Waals surface area contributed by atoms with Gasteiger partial charge in [-0.2, -0.15) is 9.37 Å². The quantitative estimate of drug-likeness (QED) is 0.822. The first-order chi connectivity index (χ1) is 8.86. The lowest BCUT2D eigenvalue weighted by Crippen LogP contribution is -2.43. The molecule has 0 bridgehead atoms. The van der Waals surface area contributed by atoms with E-state index < -0.39 is 5.82 Å². The molecule has 0 spiro atoms. The van der Waals surface area contributed by atoms with Gasteiger partial charge in [-0.25, -0.2) is 4.98 Å². The molecule has 0 aliphatic rings. The van der Waals surface area contributed by atoms with Crippen molar-refractivity contribution in [2.45, 2.75) is 32.7 Å². The number of halogens is 1. The van der Waals surface area contributed by atoms with Crippen LogP contribution in [0.2, 0.25) is 0 Å². The Morgan fingerprint density at radius 1 is 1.42 bits per heavy atom. The molecule has 1 aromatic heterocycles. The van der Waals surface area contributed by atoms with Crippen LogP contribution in [0.25, 0.3) is 0 Å². The lowest BCUT2D eigenvalue weighted by molar-refractivity contribution is 0.108. The number of nitrogens with one attached hydrogen (secondary N) is 1. The molecule has 1 aromatic rings. The number of rotatable bonds is 7. The van der Waals surface area contributed by atoms with Crippen LogP contribution in [0.15, 0.2) is 6.20 Å². The van der Waals surface area contributed by atoms with Gasteiger partial charge < -0.3 is 15.0 Å². The summed E-state index contributed by atoms with van der Waals surface area (Å²) in [6.07, 6.45) is 2.08. The maximum Gasteiger partial charge on any atom is 0.255 e. The van der Waals surface area contributed by atoms with Gasteiger partial charge in [-0.1, -0.05) is 6.92 Å². The third-order valence-electron chi connectivity index (χ3n) is 3.02. The Morgan fingerprint density at radius 2 is 2.11 bits per heavy atom. The molecule has 0 saturated carbocycles. The van der Waals surface area contributed by atoms with Crippen molar-refractivity contribution in [2.24, 2.45) is 0 Å². The molecule has 6 heteroatoms. The minimum absolute atomic E-state index is 0.0106. The number of anilines is 1. The van der Waals surface area contributed by atoms with E-state index in [2.05, 4.69) is 15.3 Å². The van der Waals surface area contributed by atoms with Crippen LogP contribution in [0.1, 0.15) is 27.2 Å². The molecule has 19 heavy (non-hydrogen) atoms. The molecular formula is C13H23FN4O. The topological polar surface area (TPSA) is 50.3 Å². The normalized spacial score (nSPS) is 11.7. The van der Waals surface area contributed by atoms with Crippen LogP contribution < -0.4 is 10.1 Å². The van der Waals surface area contributed by atoms with Gasteiger partial charge in [-0.15, -0.1) is 0 Å². The maximum atomic E-state index is 13.6. The summed E-state index contributed by atoms with van der Waals surface area (Å²) in [7, 11) is 3.90. The van der Waals surface area contributed by atoms with Crippen LogP contribution in [-0.2, 0) is 0 Å². The third kappa shape index (κ3) is 4.63. The minimum atomic E-state index is -0.545. The zero-order valence-electron chi connectivity index (χ0n) is 12.3. The van der Waals surface area contributed by atoms with Crippen LogP contribution in [0.5, 0.6) is 5.88 Å². The van der Waals surface area contributed by atoms with Crippen molar-refractivity contribution in [1.82, 2.24) is 14.9 Å². The third-order valence-corrected chi connectivity index (χ3v) is 3.02. The predicted molar refractivity (Wildman–Crippen MR) is 74.0 cm³/mol. The Kier molecular flexibility index (Phi) is 5.47. The molecule has 1 rings (SSSR count). The van der Waals surface area contributed by atoms with E-state index in [1.807, 2.05) is 39.8 Å². The molecule has 5 nitrogen and oxygen atoms in total. The van der Waals surface area contributed by atoms with Crippen molar-refractivity contribution in [3.63, 3.8) is 0 Å². The summed E-state index contributed by atoms with van der Waals surface area (Å²) in [5, 5.41) is 3.00. The Bertz CT molecular complexity index is 410. The van der Waals surface area contributed by atoms with E-state index in [0.717, 1.165) is 19.2 Å². The van der Waals surface area contributed by atoms with E-state index in [1.165, 1.54) is 0 Å². The largest absolute Gasteiger partial charge is 0.474 e. The number of aromatic nitrogens is 2. The highest BCUT2D eigenvalue weighted by atomic mass is 19.1. The van der Waals surface area contributed by atoms with Crippen molar-refractivity contribution in [3.8, 4) is 5.88 Å². The first-order valence-electron chi connectivity index (χ1n) is 6.43. The van der Waals surface area contributed by atoms with Gasteiger partial charge in [-0.3, -0.25) is 0 Å². The van der Waals surface area contributed by atoms with Gasteiger partial charge >= 0.3 is 0 Å². The molecule has 0 unspecified atom stereocenters. The predicted octanol–water partition coefficient (Wildman–Crippen LogP) is 2.16. The number of nitrogens with zero attached hydrogens (tertiary/aromatic N) is 3. The lowest BCUT2D eigenvalue weighted by atomic mass is 10.1. The van der Waals surface area contributed by atoms with E-state index in [-0.39, 0.29) is 11.4 Å². The molecule has 0 fully saturated rings. The molecule has 0 atom stereocenters. The average molecular weight is 270 g/mol. The fourth-order valence-corrected chi connectivity index (χ4v) is 1.15. The van der Waals surface area contributed by atoms with Crippen LogP contribution in [-0.4, -0.2) is 47.7 Å². The monoisotopic (exact) mass is 270 g/mol. The lowest BCUT2D eigenvalue weighted by Gasteiger charge is -2.31. The minimum Gasteiger partial charge on any atom is -0.474 e. The van der Waals surface area contributed by atoms with Crippen molar-refractivity contribution < 1.29 is 9.13 Å². The van der Waals surface area contributed by atoms with Crippen LogP contribution in [0.3, 0.4) is 0 Å². The van der Waals surface area contributed by atoms with E-state index in [1.54, 1.807) is 0 Å². The van der Waals surface area contributed by atoms with Gasteiger partial charge in [0.05, 0.1) is 6.20 Å².